The van der Waals surface area contributed by atoms with Gasteiger partial charge in [0.15, 0.2) is 5.69 Å². The monoisotopic (exact) mass is 240 g/mol. The van der Waals surface area contributed by atoms with Gasteiger partial charge >= 0.3 is 0 Å². The fourth-order valence-corrected chi connectivity index (χ4v) is 1.44. The van der Waals surface area contributed by atoms with Crippen LogP contribution in [-0.4, -0.2) is 40.3 Å². The highest BCUT2D eigenvalue weighted by atomic mass is 35.5. The van der Waals surface area contributed by atoms with Crippen molar-refractivity contribution in [3.8, 4) is 0 Å². The molecular formula is C9H9ClN4O2. The molecule has 2 rings (SSSR count). The van der Waals surface area contributed by atoms with E-state index in [1.807, 2.05) is 0 Å². The normalized spacial score (nSPS) is 10.7. The van der Waals surface area contributed by atoms with E-state index < -0.39 is 0 Å². The third-order valence-electron chi connectivity index (χ3n) is 2.18. The van der Waals surface area contributed by atoms with Gasteiger partial charge in [-0.05, 0) is 6.07 Å². The smallest absolute Gasteiger partial charge is 0.275 e. The number of aromatic amines is 1. The lowest BCUT2D eigenvalue weighted by atomic mass is 10.2. The van der Waals surface area contributed by atoms with E-state index in [1.165, 1.54) is 20.4 Å². The van der Waals surface area contributed by atoms with Crippen molar-refractivity contribution < 1.29 is 9.63 Å². The first-order valence-electron chi connectivity index (χ1n) is 4.45. The molecule has 0 aromatic carbocycles. The summed E-state index contributed by atoms with van der Waals surface area (Å²) in [5.41, 5.74) is 0.904. The molecule has 0 aliphatic rings. The second-order valence-electron chi connectivity index (χ2n) is 3.11. The number of aromatic nitrogens is 3. The molecule has 2 heterocycles. The van der Waals surface area contributed by atoms with E-state index in [0.717, 1.165) is 5.06 Å². The van der Waals surface area contributed by atoms with Crippen molar-refractivity contribution >= 4 is 28.4 Å². The molecule has 0 aliphatic heterocycles. The number of nitrogens with one attached hydrogen (secondary N) is 1. The minimum Gasteiger partial charge on any atom is -0.275 e. The molecule has 2 aromatic rings. The van der Waals surface area contributed by atoms with Crippen molar-refractivity contribution in [1.82, 2.24) is 20.2 Å². The fraction of sp³-hybridized carbons (Fsp3) is 0.222. The van der Waals surface area contributed by atoms with Crippen LogP contribution in [-0.2, 0) is 4.84 Å². The molecule has 1 amide bonds. The molecule has 0 atom stereocenters. The number of halogens is 1. The van der Waals surface area contributed by atoms with E-state index in [2.05, 4.69) is 15.2 Å². The Morgan fingerprint density at radius 1 is 1.62 bits per heavy atom. The van der Waals surface area contributed by atoms with Crippen molar-refractivity contribution in [2.24, 2.45) is 0 Å². The van der Waals surface area contributed by atoms with E-state index in [4.69, 9.17) is 16.4 Å². The average Bonchev–Trinajstić information content (AvgIpc) is 2.69. The second kappa shape index (κ2) is 4.07. The van der Waals surface area contributed by atoms with Gasteiger partial charge < -0.3 is 0 Å². The van der Waals surface area contributed by atoms with Crippen LogP contribution in [0, 0.1) is 0 Å². The summed E-state index contributed by atoms with van der Waals surface area (Å²) >= 11 is 5.76. The zero-order valence-electron chi connectivity index (χ0n) is 8.69. The Hall–Kier alpha value is -1.66. The average molecular weight is 241 g/mol. The maximum atomic E-state index is 11.8. The van der Waals surface area contributed by atoms with E-state index in [-0.39, 0.29) is 11.6 Å². The third-order valence-corrected chi connectivity index (χ3v) is 2.38. The first-order valence-corrected chi connectivity index (χ1v) is 4.83. The molecule has 0 saturated heterocycles. The van der Waals surface area contributed by atoms with Gasteiger partial charge in [-0.15, -0.1) is 0 Å². The summed E-state index contributed by atoms with van der Waals surface area (Å²) in [6, 6.07) is 1.58. The summed E-state index contributed by atoms with van der Waals surface area (Å²) in [4.78, 5) is 20.5. The first kappa shape index (κ1) is 10.8. The summed E-state index contributed by atoms with van der Waals surface area (Å²) in [6.07, 6.45) is 1.52. The molecular weight excluding hydrogens is 232 g/mol. The number of hydroxylamine groups is 2. The van der Waals surface area contributed by atoms with Gasteiger partial charge in [0, 0.05) is 12.4 Å². The number of carbonyl (C=O) groups is 1. The van der Waals surface area contributed by atoms with Gasteiger partial charge in [0.1, 0.15) is 5.15 Å². The van der Waals surface area contributed by atoms with Crippen LogP contribution in [0.15, 0.2) is 12.3 Å². The highest BCUT2D eigenvalue weighted by Crippen LogP contribution is 2.19. The molecule has 6 nitrogen and oxygen atoms in total. The predicted octanol–water partition coefficient (Wildman–Crippen LogP) is 1.24. The lowest BCUT2D eigenvalue weighted by Gasteiger charge is -2.11. The van der Waals surface area contributed by atoms with Gasteiger partial charge in [0.05, 0.1) is 18.8 Å². The lowest BCUT2D eigenvalue weighted by Crippen LogP contribution is -2.25. The molecule has 1 N–H and O–H groups in total. The minimum atomic E-state index is -0.351. The summed E-state index contributed by atoms with van der Waals surface area (Å²) < 4.78 is 0. The van der Waals surface area contributed by atoms with Crippen LogP contribution in [0.2, 0.25) is 5.15 Å². The molecule has 16 heavy (non-hydrogen) atoms. The molecule has 0 aliphatic carbocycles. The fourth-order valence-electron chi connectivity index (χ4n) is 1.29. The molecule has 2 aromatic heterocycles. The summed E-state index contributed by atoms with van der Waals surface area (Å²) in [6.45, 7) is 0. The third kappa shape index (κ3) is 1.72. The van der Waals surface area contributed by atoms with Gasteiger partial charge in [-0.2, -0.15) is 5.10 Å². The molecule has 84 valence electrons. The number of carbonyl (C=O) groups excluding carboxylic acids is 1. The van der Waals surface area contributed by atoms with Gasteiger partial charge in [0.2, 0.25) is 0 Å². The van der Waals surface area contributed by atoms with Crippen LogP contribution >= 0.6 is 11.6 Å². The second-order valence-corrected chi connectivity index (χ2v) is 3.50. The molecule has 0 fully saturated rings. The maximum Gasteiger partial charge on any atom is 0.298 e. The van der Waals surface area contributed by atoms with Crippen LogP contribution < -0.4 is 0 Å². The Morgan fingerprint density at radius 3 is 3.06 bits per heavy atom. The zero-order valence-corrected chi connectivity index (χ0v) is 9.45. The van der Waals surface area contributed by atoms with Crippen LogP contribution in [0.3, 0.4) is 0 Å². The van der Waals surface area contributed by atoms with E-state index in [0.29, 0.717) is 16.1 Å². The quantitative estimate of drug-likeness (QED) is 0.633. The lowest BCUT2D eigenvalue weighted by molar-refractivity contribution is -0.0759. The number of fused-ring (bicyclic) bond motifs is 1. The van der Waals surface area contributed by atoms with Crippen molar-refractivity contribution in [2.75, 3.05) is 14.2 Å². The van der Waals surface area contributed by atoms with Crippen LogP contribution in [0.1, 0.15) is 10.5 Å². The Labute approximate surface area is 96.1 Å². The number of amides is 1. The Balaban J connectivity index is 2.53. The van der Waals surface area contributed by atoms with Crippen molar-refractivity contribution in [3.05, 3.63) is 23.1 Å². The van der Waals surface area contributed by atoms with Gasteiger partial charge in [-0.3, -0.25) is 14.7 Å². The van der Waals surface area contributed by atoms with Crippen molar-refractivity contribution in [1.29, 1.82) is 0 Å². The Bertz CT molecular complexity index is 539. The van der Waals surface area contributed by atoms with Gasteiger partial charge in [-0.1, -0.05) is 11.6 Å². The number of hydrogen-bond donors (Lipinski definition) is 1. The van der Waals surface area contributed by atoms with Gasteiger partial charge in [-0.25, -0.2) is 10.0 Å². The number of rotatable bonds is 2. The zero-order chi connectivity index (χ0) is 11.7. The predicted molar refractivity (Wildman–Crippen MR) is 58.0 cm³/mol. The summed E-state index contributed by atoms with van der Waals surface area (Å²) in [7, 11) is 2.91. The highest BCUT2D eigenvalue weighted by molar-refractivity contribution is 6.30. The number of hydrogen-bond acceptors (Lipinski definition) is 4. The van der Waals surface area contributed by atoms with Crippen molar-refractivity contribution in [3.63, 3.8) is 0 Å². The minimum absolute atomic E-state index is 0.253. The molecule has 7 heteroatoms. The summed E-state index contributed by atoms with van der Waals surface area (Å²) in [5.74, 6) is -0.351. The molecule has 0 radical (unpaired) electrons. The molecule has 0 saturated carbocycles. The Kier molecular flexibility index (Phi) is 2.76. The highest BCUT2D eigenvalue weighted by Gasteiger charge is 2.18. The first-order chi connectivity index (χ1) is 7.63. The number of H-pyrrole nitrogens is 1. The topological polar surface area (TPSA) is 71.1 Å². The SMILES string of the molecule is CON(C)C(=O)c1n[nH]c2cnc(Cl)cc12. The number of nitrogens with zero attached hydrogens (tertiary/aromatic N) is 3. The standard InChI is InChI=1S/C9H9ClN4O2/c1-14(16-2)9(15)8-5-3-7(10)11-4-6(5)12-13-8/h3-4H,1-2H3,(H,12,13). The summed E-state index contributed by atoms with van der Waals surface area (Å²) in [5, 5.41) is 8.63. The van der Waals surface area contributed by atoms with Crippen molar-refractivity contribution in [2.45, 2.75) is 0 Å². The van der Waals surface area contributed by atoms with E-state index >= 15 is 0 Å². The van der Waals surface area contributed by atoms with Crippen LogP contribution in [0.5, 0.6) is 0 Å². The van der Waals surface area contributed by atoms with Gasteiger partial charge in [0.25, 0.3) is 5.91 Å². The molecule has 0 bridgehead atoms. The Morgan fingerprint density at radius 2 is 2.38 bits per heavy atom. The van der Waals surface area contributed by atoms with Crippen LogP contribution in [0.4, 0.5) is 0 Å². The maximum absolute atomic E-state index is 11.8. The number of pyridine rings is 1. The molecule has 0 spiro atoms. The van der Waals surface area contributed by atoms with E-state index in [9.17, 15) is 4.79 Å². The van der Waals surface area contributed by atoms with E-state index in [1.54, 1.807) is 6.07 Å². The largest absolute Gasteiger partial charge is 0.298 e. The molecule has 0 unspecified atom stereocenters. The van der Waals surface area contributed by atoms with Crippen LogP contribution in [0.25, 0.3) is 10.9 Å².